The van der Waals surface area contributed by atoms with E-state index in [4.69, 9.17) is 0 Å². The SMILES string of the molecule is CCCNCc1cnc(C2CC2(C)C)s1. The summed E-state index contributed by atoms with van der Waals surface area (Å²) in [5, 5.41) is 4.76. The Morgan fingerprint density at radius 3 is 2.93 bits per heavy atom. The van der Waals surface area contributed by atoms with Crippen LogP contribution in [0.3, 0.4) is 0 Å². The van der Waals surface area contributed by atoms with E-state index in [0.717, 1.165) is 19.0 Å². The van der Waals surface area contributed by atoms with Crippen LogP contribution in [0.2, 0.25) is 0 Å². The first kappa shape index (κ1) is 11.1. The molecule has 1 aliphatic carbocycles. The summed E-state index contributed by atoms with van der Waals surface area (Å²) < 4.78 is 0. The van der Waals surface area contributed by atoms with Gasteiger partial charge in [0.2, 0.25) is 0 Å². The lowest BCUT2D eigenvalue weighted by Gasteiger charge is -1.99. The number of nitrogens with zero attached hydrogens (tertiary/aromatic N) is 1. The van der Waals surface area contributed by atoms with Gasteiger partial charge in [0.05, 0.1) is 5.01 Å². The van der Waals surface area contributed by atoms with E-state index in [2.05, 4.69) is 31.1 Å². The fraction of sp³-hybridized carbons (Fsp3) is 0.750. The van der Waals surface area contributed by atoms with Crippen LogP contribution in [-0.4, -0.2) is 11.5 Å². The number of aromatic nitrogens is 1. The molecule has 84 valence electrons. The predicted octanol–water partition coefficient (Wildman–Crippen LogP) is 3.16. The Bertz CT molecular complexity index is 330. The third-order valence-corrected chi connectivity index (χ3v) is 4.22. The van der Waals surface area contributed by atoms with Crippen molar-refractivity contribution in [3.8, 4) is 0 Å². The van der Waals surface area contributed by atoms with Crippen molar-refractivity contribution in [3.05, 3.63) is 16.1 Å². The summed E-state index contributed by atoms with van der Waals surface area (Å²) in [6, 6.07) is 0. The molecule has 0 spiro atoms. The second-order valence-corrected chi connectivity index (χ2v) is 6.23. The third kappa shape index (κ3) is 2.58. The largest absolute Gasteiger partial charge is 0.312 e. The minimum atomic E-state index is 0.506. The van der Waals surface area contributed by atoms with Crippen molar-refractivity contribution in [2.45, 2.75) is 46.1 Å². The highest BCUT2D eigenvalue weighted by Gasteiger charge is 2.48. The van der Waals surface area contributed by atoms with Gasteiger partial charge in [-0.05, 0) is 24.8 Å². The summed E-state index contributed by atoms with van der Waals surface area (Å²) in [6.45, 7) is 8.93. The molecule has 3 heteroatoms. The summed E-state index contributed by atoms with van der Waals surface area (Å²) >= 11 is 1.88. The summed E-state index contributed by atoms with van der Waals surface area (Å²) in [7, 11) is 0. The maximum absolute atomic E-state index is 4.53. The topological polar surface area (TPSA) is 24.9 Å². The van der Waals surface area contributed by atoms with Crippen molar-refractivity contribution in [2.24, 2.45) is 5.41 Å². The van der Waals surface area contributed by atoms with Crippen molar-refractivity contribution in [1.29, 1.82) is 0 Å². The Kier molecular flexibility index (Phi) is 3.12. The van der Waals surface area contributed by atoms with Crippen molar-refractivity contribution < 1.29 is 0 Å². The molecule has 1 heterocycles. The van der Waals surface area contributed by atoms with E-state index in [0.29, 0.717) is 5.41 Å². The van der Waals surface area contributed by atoms with Gasteiger partial charge in [0.1, 0.15) is 0 Å². The minimum Gasteiger partial charge on any atom is -0.312 e. The number of hydrogen-bond acceptors (Lipinski definition) is 3. The molecule has 1 atom stereocenters. The van der Waals surface area contributed by atoms with E-state index in [1.807, 2.05) is 17.5 Å². The van der Waals surface area contributed by atoms with Gasteiger partial charge in [0, 0.05) is 23.5 Å². The van der Waals surface area contributed by atoms with Crippen LogP contribution in [-0.2, 0) is 6.54 Å². The van der Waals surface area contributed by atoms with E-state index < -0.39 is 0 Å². The van der Waals surface area contributed by atoms with E-state index in [1.165, 1.54) is 22.7 Å². The lowest BCUT2D eigenvalue weighted by Crippen LogP contribution is -2.12. The minimum absolute atomic E-state index is 0.506. The van der Waals surface area contributed by atoms with Gasteiger partial charge in [-0.2, -0.15) is 0 Å². The molecule has 1 fully saturated rings. The molecule has 1 N–H and O–H groups in total. The summed E-state index contributed by atoms with van der Waals surface area (Å²) in [5.74, 6) is 0.724. The molecule has 0 saturated heterocycles. The number of thiazole rings is 1. The highest BCUT2D eigenvalue weighted by molar-refractivity contribution is 7.11. The van der Waals surface area contributed by atoms with Crippen molar-refractivity contribution in [2.75, 3.05) is 6.54 Å². The molecule has 1 saturated carbocycles. The van der Waals surface area contributed by atoms with Gasteiger partial charge in [0.15, 0.2) is 0 Å². The van der Waals surface area contributed by atoms with Crippen molar-refractivity contribution in [1.82, 2.24) is 10.3 Å². The molecule has 1 unspecified atom stereocenters. The zero-order valence-electron chi connectivity index (χ0n) is 9.84. The highest BCUT2D eigenvalue weighted by atomic mass is 32.1. The molecule has 0 radical (unpaired) electrons. The average Bonchev–Trinajstić information content (AvgIpc) is 2.64. The number of hydrogen-bond donors (Lipinski definition) is 1. The molecule has 0 aliphatic heterocycles. The zero-order chi connectivity index (χ0) is 10.9. The Morgan fingerprint density at radius 1 is 1.60 bits per heavy atom. The molecule has 1 aliphatic rings. The van der Waals surface area contributed by atoms with Crippen LogP contribution in [0.25, 0.3) is 0 Å². The molecule has 15 heavy (non-hydrogen) atoms. The zero-order valence-corrected chi connectivity index (χ0v) is 10.7. The van der Waals surface area contributed by atoms with Crippen LogP contribution < -0.4 is 5.32 Å². The Balaban J connectivity index is 1.88. The van der Waals surface area contributed by atoms with Crippen LogP contribution in [0.4, 0.5) is 0 Å². The maximum atomic E-state index is 4.53. The molecule has 0 amide bonds. The third-order valence-electron chi connectivity index (χ3n) is 3.11. The first-order valence-electron chi connectivity index (χ1n) is 5.79. The quantitative estimate of drug-likeness (QED) is 0.777. The monoisotopic (exact) mass is 224 g/mol. The summed E-state index contributed by atoms with van der Waals surface area (Å²) in [4.78, 5) is 5.91. The van der Waals surface area contributed by atoms with Gasteiger partial charge in [0.25, 0.3) is 0 Å². The van der Waals surface area contributed by atoms with E-state index in [1.54, 1.807) is 0 Å². The molecule has 2 nitrogen and oxygen atoms in total. The van der Waals surface area contributed by atoms with E-state index in [-0.39, 0.29) is 0 Å². The molecule has 0 aromatic carbocycles. The predicted molar refractivity (Wildman–Crippen MR) is 65.3 cm³/mol. The second-order valence-electron chi connectivity index (χ2n) is 5.09. The first-order chi connectivity index (χ1) is 7.13. The van der Waals surface area contributed by atoms with Gasteiger partial charge >= 0.3 is 0 Å². The molecule has 0 bridgehead atoms. The van der Waals surface area contributed by atoms with Crippen LogP contribution in [0.15, 0.2) is 6.20 Å². The Labute approximate surface area is 96.1 Å². The fourth-order valence-corrected chi connectivity index (χ4v) is 3.04. The standard InChI is InChI=1S/C12H20N2S/c1-4-5-13-7-9-8-14-11(15-9)10-6-12(10,2)3/h8,10,13H,4-7H2,1-3H3. The Morgan fingerprint density at radius 2 is 2.33 bits per heavy atom. The van der Waals surface area contributed by atoms with Crippen LogP contribution in [0.1, 0.15) is 49.4 Å². The average molecular weight is 224 g/mol. The summed E-state index contributed by atoms with van der Waals surface area (Å²) in [6.07, 6.45) is 4.54. The number of rotatable bonds is 5. The van der Waals surface area contributed by atoms with Crippen molar-refractivity contribution in [3.63, 3.8) is 0 Å². The van der Waals surface area contributed by atoms with Gasteiger partial charge in [-0.1, -0.05) is 20.8 Å². The fourth-order valence-electron chi connectivity index (χ4n) is 1.84. The lowest BCUT2D eigenvalue weighted by molar-refractivity contribution is 0.620. The summed E-state index contributed by atoms with van der Waals surface area (Å²) in [5.41, 5.74) is 0.506. The molecule has 1 aromatic rings. The molecule has 1 aromatic heterocycles. The highest BCUT2D eigenvalue weighted by Crippen LogP contribution is 2.59. The molecular weight excluding hydrogens is 204 g/mol. The van der Waals surface area contributed by atoms with Crippen LogP contribution in [0.5, 0.6) is 0 Å². The molecular formula is C12H20N2S. The first-order valence-corrected chi connectivity index (χ1v) is 6.60. The van der Waals surface area contributed by atoms with Gasteiger partial charge < -0.3 is 5.32 Å². The smallest absolute Gasteiger partial charge is 0.0964 e. The van der Waals surface area contributed by atoms with Gasteiger partial charge in [-0.15, -0.1) is 11.3 Å². The van der Waals surface area contributed by atoms with Gasteiger partial charge in [-0.3, -0.25) is 0 Å². The number of nitrogens with one attached hydrogen (secondary N) is 1. The van der Waals surface area contributed by atoms with E-state index >= 15 is 0 Å². The second kappa shape index (κ2) is 4.22. The van der Waals surface area contributed by atoms with Crippen molar-refractivity contribution >= 4 is 11.3 Å². The Hall–Kier alpha value is -0.410. The normalized spacial score (nSPS) is 23.0. The van der Waals surface area contributed by atoms with E-state index in [9.17, 15) is 0 Å². The van der Waals surface area contributed by atoms with Crippen LogP contribution in [0, 0.1) is 5.41 Å². The van der Waals surface area contributed by atoms with Gasteiger partial charge in [-0.25, -0.2) is 4.98 Å². The van der Waals surface area contributed by atoms with Crippen LogP contribution >= 0.6 is 11.3 Å². The molecule has 2 rings (SSSR count). The maximum Gasteiger partial charge on any atom is 0.0964 e. The lowest BCUT2D eigenvalue weighted by atomic mass is 10.1.